The SMILES string of the molecule is CC1Cc2c(c3ccc(O)cc3n2C)CCN1. The largest absolute Gasteiger partial charge is 0.508 e. The van der Waals surface area contributed by atoms with Gasteiger partial charge in [0.2, 0.25) is 0 Å². The van der Waals surface area contributed by atoms with E-state index in [0.29, 0.717) is 11.8 Å². The number of hydrogen-bond acceptors (Lipinski definition) is 2. The van der Waals surface area contributed by atoms with Crippen LogP contribution in [0.2, 0.25) is 0 Å². The smallest absolute Gasteiger partial charge is 0.117 e. The monoisotopic (exact) mass is 230 g/mol. The second-order valence-electron chi connectivity index (χ2n) is 5.00. The van der Waals surface area contributed by atoms with E-state index >= 15 is 0 Å². The lowest BCUT2D eigenvalue weighted by atomic mass is 10.1. The quantitative estimate of drug-likeness (QED) is 0.726. The molecule has 1 atom stereocenters. The van der Waals surface area contributed by atoms with Gasteiger partial charge in [0.15, 0.2) is 0 Å². The van der Waals surface area contributed by atoms with Gasteiger partial charge in [0.25, 0.3) is 0 Å². The first kappa shape index (κ1) is 10.7. The summed E-state index contributed by atoms with van der Waals surface area (Å²) in [7, 11) is 2.10. The number of nitrogens with one attached hydrogen (secondary N) is 1. The van der Waals surface area contributed by atoms with Crippen molar-refractivity contribution in [2.45, 2.75) is 25.8 Å². The lowest BCUT2D eigenvalue weighted by molar-refractivity contribution is 0.476. The molecule has 1 aromatic carbocycles. The Morgan fingerprint density at radius 3 is 3.06 bits per heavy atom. The predicted octanol–water partition coefficient (Wildman–Crippen LogP) is 1.96. The molecule has 0 bridgehead atoms. The molecule has 1 unspecified atom stereocenters. The van der Waals surface area contributed by atoms with E-state index in [2.05, 4.69) is 23.9 Å². The van der Waals surface area contributed by atoms with Gasteiger partial charge in [-0.25, -0.2) is 0 Å². The first-order valence-corrected chi connectivity index (χ1v) is 6.19. The van der Waals surface area contributed by atoms with E-state index in [-0.39, 0.29) is 0 Å². The molecule has 1 aromatic heterocycles. The number of phenols is 1. The van der Waals surface area contributed by atoms with Gasteiger partial charge in [-0.3, -0.25) is 0 Å². The molecule has 2 heterocycles. The minimum atomic E-state index is 0.347. The maximum absolute atomic E-state index is 9.60. The van der Waals surface area contributed by atoms with Gasteiger partial charge in [0, 0.05) is 36.7 Å². The molecule has 0 amide bonds. The summed E-state index contributed by atoms with van der Waals surface area (Å²) in [6.07, 6.45) is 2.13. The highest BCUT2D eigenvalue weighted by atomic mass is 16.3. The van der Waals surface area contributed by atoms with Crippen molar-refractivity contribution in [2.75, 3.05) is 6.54 Å². The van der Waals surface area contributed by atoms with Crippen LogP contribution in [-0.2, 0) is 19.9 Å². The van der Waals surface area contributed by atoms with Gasteiger partial charge in [-0.15, -0.1) is 0 Å². The van der Waals surface area contributed by atoms with E-state index in [9.17, 15) is 5.11 Å². The number of rotatable bonds is 0. The van der Waals surface area contributed by atoms with Gasteiger partial charge in [-0.05, 0) is 37.6 Å². The van der Waals surface area contributed by atoms with Crippen LogP contribution in [0.25, 0.3) is 10.9 Å². The third-order valence-electron chi connectivity index (χ3n) is 3.79. The van der Waals surface area contributed by atoms with Crippen LogP contribution >= 0.6 is 0 Å². The van der Waals surface area contributed by atoms with Crippen LogP contribution in [0.3, 0.4) is 0 Å². The summed E-state index contributed by atoms with van der Waals surface area (Å²) in [5.41, 5.74) is 3.99. The summed E-state index contributed by atoms with van der Waals surface area (Å²) in [6.45, 7) is 3.26. The van der Waals surface area contributed by atoms with Crippen molar-refractivity contribution in [1.82, 2.24) is 9.88 Å². The standard InChI is InChI=1S/C14H18N2O/c1-9-7-13-12(5-6-15-9)11-4-3-10(17)8-14(11)16(13)2/h3-4,8-9,15,17H,5-7H2,1-2H3. The normalized spacial score (nSPS) is 20.2. The fraction of sp³-hybridized carbons (Fsp3) is 0.429. The molecule has 90 valence electrons. The Balaban J connectivity index is 2.27. The summed E-state index contributed by atoms with van der Waals surface area (Å²) in [5, 5.41) is 14.4. The molecule has 3 heteroatoms. The molecule has 17 heavy (non-hydrogen) atoms. The molecule has 0 fully saturated rings. The summed E-state index contributed by atoms with van der Waals surface area (Å²) in [6, 6.07) is 6.21. The number of aromatic nitrogens is 1. The van der Waals surface area contributed by atoms with Crippen molar-refractivity contribution in [3.05, 3.63) is 29.5 Å². The third kappa shape index (κ3) is 1.62. The lowest BCUT2D eigenvalue weighted by Crippen LogP contribution is -2.27. The second-order valence-corrected chi connectivity index (χ2v) is 5.00. The molecule has 0 radical (unpaired) electrons. The van der Waals surface area contributed by atoms with Gasteiger partial charge in [-0.1, -0.05) is 0 Å². The molecule has 0 aliphatic carbocycles. The maximum atomic E-state index is 9.60. The molecule has 1 aliphatic rings. The van der Waals surface area contributed by atoms with Gasteiger partial charge >= 0.3 is 0 Å². The molecule has 3 rings (SSSR count). The molecule has 0 saturated carbocycles. The van der Waals surface area contributed by atoms with Gasteiger partial charge in [0.05, 0.1) is 5.52 Å². The molecule has 0 spiro atoms. The van der Waals surface area contributed by atoms with E-state index in [1.807, 2.05) is 12.1 Å². The highest BCUT2D eigenvalue weighted by Gasteiger charge is 2.19. The maximum Gasteiger partial charge on any atom is 0.117 e. The van der Waals surface area contributed by atoms with Crippen molar-refractivity contribution in [3.8, 4) is 5.75 Å². The Morgan fingerprint density at radius 2 is 2.24 bits per heavy atom. The zero-order chi connectivity index (χ0) is 12.0. The molecule has 0 saturated heterocycles. The summed E-state index contributed by atoms with van der Waals surface area (Å²) >= 11 is 0. The number of nitrogens with zero attached hydrogens (tertiary/aromatic N) is 1. The number of phenolic OH excluding ortho intramolecular Hbond substituents is 1. The third-order valence-corrected chi connectivity index (χ3v) is 3.79. The first-order valence-electron chi connectivity index (χ1n) is 6.19. The number of aryl methyl sites for hydroxylation is 1. The fourth-order valence-electron chi connectivity index (χ4n) is 2.90. The Bertz CT molecular complexity index is 571. The highest BCUT2D eigenvalue weighted by molar-refractivity contribution is 5.86. The highest BCUT2D eigenvalue weighted by Crippen LogP contribution is 2.30. The minimum absolute atomic E-state index is 0.347. The zero-order valence-electron chi connectivity index (χ0n) is 10.3. The van der Waals surface area contributed by atoms with Crippen LogP contribution < -0.4 is 5.32 Å². The van der Waals surface area contributed by atoms with Crippen LogP contribution in [0.1, 0.15) is 18.2 Å². The van der Waals surface area contributed by atoms with Gasteiger partial charge in [-0.2, -0.15) is 0 Å². The van der Waals surface area contributed by atoms with Crippen molar-refractivity contribution in [1.29, 1.82) is 0 Å². The van der Waals surface area contributed by atoms with Crippen LogP contribution in [0, 0.1) is 0 Å². The number of hydrogen-bond donors (Lipinski definition) is 2. The average molecular weight is 230 g/mol. The van der Waals surface area contributed by atoms with E-state index < -0.39 is 0 Å². The number of benzene rings is 1. The zero-order valence-corrected chi connectivity index (χ0v) is 10.3. The predicted molar refractivity (Wildman–Crippen MR) is 69.5 cm³/mol. The summed E-state index contributed by atoms with van der Waals surface area (Å²) in [5.74, 6) is 0.347. The second kappa shape index (κ2) is 3.77. The Hall–Kier alpha value is -1.48. The Labute approximate surface area is 101 Å². The Kier molecular flexibility index (Phi) is 2.37. The number of aromatic hydroxyl groups is 1. The molecule has 3 nitrogen and oxygen atoms in total. The topological polar surface area (TPSA) is 37.2 Å². The van der Waals surface area contributed by atoms with Crippen molar-refractivity contribution in [3.63, 3.8) is 0 Å². The van der Waals surface area contributed by atoms with Crippen LogP contribution in [-0.4, -0.2) is 22.3 Å². The van der Waals surface area contributed by atoms with Crippen LogP contribution in [0.15, 0.2) is 18.2 Å². The van der Waals surface area contributed by atoms with Crippen molar-refractivity contribution < 1.29 is 5.11 Å². The minimum Gasteiger partial charge on any atom is -0.508 e. The molecule has 1 aliphatic heterocycles. The van der Waals surface area contributed by atoms with Crippen LogP contribution in [0.5, 0.6) is 5.75 Å². The Morgan fingerprint density at radius 1 is 1.41 bits per heavy atom. The van der Waals surface area contributed by atoms with Gasteiger partial charge < -0.3 is 15.0 Å². The van der Waals surface area contributed by atoms with E-state index in [0.717, 1.165) is 24.9 Å². The molecular formula is C14H18N2O. The van der Waals surface area contributed by atoms with E-state index in [4.69, 9.17) is 0 Å². The van der Waals surface area contributed by atoms with Crippen LogP contribution in [0.4, 0.5) is 0 Å². The fourth-order valence-corrected chi connectivity index (χ4v) is 2.90. The summed E-state index contributed by atoms with van der Waals surface area (Å²) < 4.78 is 2.23. The van der Waals surface area contributed by atoms with E-state index in [1.165, 1.54) is 16.6 Å². The molecule has 2 N–H and O–H groups in total. The first-order chi connectivity index (χ1) is 8.16. The van der Waals surface area contributed by atoms with Crippen molar-refractivity contribution in [2.24, 2.45) is 7.05 Å². The number of fused-ring (bicyclic) bond motifs is 3. The molecule has 2 aromatic rings. The van der Waals surface area contributed by atoms with Crippen molar-refractivity contribution >= 4 is 10.9 Å². The van der Waals surface area contributed by atoms with E-state index in [1.54, 1.807) is 6.07 Å². The molecular weight excluding hydrogens is 212 g/mol. The average Bonchev–Trinajstić information content (AvgIpc) is 2.48. The summed E-state index contributed by atoms with van der Waals surface area (Å²) in [4.78, 5) is 0. The van der Waals surface area contributed by atoms with Gasteiger partial charge in [0.1, 0.15) is 5.75 Å². The lowest BCUT2D eigenvalue weighted by Gasteiger charge is -2.10.